The highest BCUT2D eigenvalue weighted by Gasteiger charge is 2.30. The Balaban J connectivity index is 5.66. The third-order valence-electron chi connectivity index (χ3n) is 5.09. The molecule has 0 bridgehead atoms. The Morgan fingerprint density at radius 2 is 1.26 bits per heavy atom. The largest absolute Gasteiger partial charge is 0.481 e. The van der Waals surface area contributed by atoms with Crippen molar-refractivity contribution < 1.29 is 44.1 Å². The average Bonchev–Trinajstić information content (AvgIpc) is 2.83. The van der Waals surface area contributed by atoms with Gasteiger partial charge in [0.25, 0.3) is 0 Å². The van der Waals surface area contributed by atoms with E-state index in [2.05, 4.69) is 20.9 Å². The molecule has 38 heavy (non-hydrogen) atoms. The molecule has 3 amide bonds. The summed E-state index contributed by atoms with van der Waals surface area (Å²) in [5, 5.41) is 34.3. The summed E-state index contributed by atoms with van der Waals surface area (Å²) in [5.41, 5.74) is 16.3. The number of aliphatic imine (C=N–C) groups is 1. The van der Waals surface area contributed by atoms with E-state index in [0.717, 1.165) is 0 Å². The summed E-state index contributed by atoms with van der Waals surface area (Å²) in [4.78, 5) is 75.5. The monoisotopic (exact) mass is 563 g/mol. The second-order valence-electron chi connectivity index (χ2n) is 8.22. The standard InChI is InChI=1S/C21H37N7O9S/c1-38-10-8-14(20(36)37)28-19(35)13(5-7-16(31)32)27-18(34)12(3-2-9-25-21(23)24)26-17(33)11(22)4-6-15(29)30/h11-14H,2-10,22H2,1H3,(H,26,33)(H,27,34)(H,28,35)(H,29,30)(H,31,32)(H,36,37)(H4,23,24,25). The van der Waals surface area contributed by atoms with Crippen molar-refractivity contribution in [2.75, 3.05) is 18.6 Å². The molecule has 0 saturated heterocycles. The molecule has 0 aromatic carbocycles. The maximum absolute atomic E-state index is 13.1. The van der Waals surface area contributed by atoms with E-state index in [1.165, 1.54) is 11.8 Å². The zero-order valence-corrected chi connectivity index (χ0v) is 21.9. The smallest absolute Gasteiger partial charge is 0.326 e. The molecule has 0 fully saturated rings. The maximum Gasteiger partial charge on any atom is 0.326 e. The zero-order valence-electron chi connectivity index (χ0n) is 21.1. The van der Waals surface area contributed by atoms with Crippen LogP contribution in [0.5, 0.6) is 0 Å². The third-order valence-corrected chi connectivity index (χ3v) is 5.73. The van der Waals surface area contributed by atoms with Crippen LogP contribution in [0.1, 0.15) is 44.9 Å². The lowest BCUT2D eigenvalue weighted by atomic mass is 10.1. The van der Waals surface area contributed by atoms with Crippen LogP contribution in [0.15, 0.2) is 4.99 Å². The van der Waals surface area contributed by atoms with Crippen LogP contribution in [-0.2, 0) is 28.8 Å². The summed E-state index contributed by atoms with van der Waals surface area (Å²) < 4.78 is 0. The van der Waals surface area contributed by atoms with E-state index in [9.17, 15) is 33.9 Å². The number of rotatable bonds is 20. The van der Waals surface area contributed by atoms with E-state index in [4.69, 9.17) is 27.4 Å². The van der Waals surface area contributed by atoms with Gasteiger partial charge in [-0.1, -0.05) is 0 Å². The zero-order chi connectivity index (χ0) is 29.3. The topological polar surface area (TPSA) is 290 Å². The molecular weight excluding hydrogens is 526 g/mol. The van der Waals surface area contributed by atoms with Crippen LogP contribution in [0.25, 0.3) is 0 Å². The van der Waals surface area contributed by atoms with Gasteiger partial charge in [0, 0.05) is 19.4 Å². The predicted molar refractivity (Wildman–Crippen MR) is 138 cm³/mol. The van der Waals surface area contributed by atoms with E-state index in [0.29, 0.717) is 5.75 Å². The molecule has 16 nitrogen and oxygen atoms in total. The molecule has 4 atom stereocenters. The molecule has 0 spiro atoms. The summed E-state index contributed by atoms with van der Waals surface area (Å²) in [6.07, 6.45) is 0.609. The maximum atomic E-state index is 13.1. The van der Waals surface area contributed by atoms with Crippen molar-refractivity contribution >= 4 is 53.4 Å². The highest BCUT2D eigenvalue weighted by Crippen LogP contribution is 2.07. The quantitative estimate of drug-likeness (QED) is 0.0417. The van der Waals surface area contributed by atoms with E-state index in [-0.39, 0.29) is 51.0 Å². The molecule has 0 aliphatic heterocycles. The fraction of sp³-hybridized carbons (Fsp3) is 0.667. The van der Waals surface area contributed by atoms with Crippen molar-refractivity contribution in [3.05, 3.63) is 0 Å². The van der Waals surface area contributed by atoms with Crippen LogP contribution in [-0.4, -0.2) is 99.6 Å². The van der Waals surface area contributed by atoms with Crippen molar-refractivity contribution in [3.63, 3.8) is 0 Å². The first-order valence-electron chi connectivity index (χ1n) is 11.7. The van der Waals surface area contributed by atoms with E-state index in [1.54, 1.807) is 6.26 Å². The number of carbonyl (C=O) groups excluding carboxylic acids is 3. The lowest BCUT2D eigenvalue weighted by Gasteiger charge is -2.25. The van der Waals surface area contributed by atoms with Gasteiger partial charge in [-0.25, -0.2) is 4.79 Å². The SMILES string of the molecule is CSCCC(NC(=O)C(CCC(=O)O)NC(=O)C(CCCN=C(N)N)NC(=O)C(N)CCC(=O)O)C(=O)O. The Hall–Kier alpha value is -3.60. The highest BCUT2D eigenvalue weighted by molar-refractivity contribution is 7.98. The number of thioether (sulfide) groups is 1. The number of carboxylic acids is 3. The average molecular weight is 564 g/mol. The van der Waals surface area contributed by atoms with Gasteiger partial charge in [-0.05, 0) is 44.1 Å². The molecule has 12 N–H and O–H groups in total. The van der Waals surface area contributed by atoms with Crippen molar-refractivity contribution in [1.29, 1.82) is 0 Å². The van der Waals surface area contributed by atoms with E-state index in [1.807, 2.05) is 0 Å². The molecule has 0 saturated carbocycles. The fourth-order valence-corrected chi connectivity index (χ4v) is 3.51. The van der Waals surface area contributed by atoms with Crippen LogP contribution < -0.4 is 33.2 Å². The van der Waals surface area contributed by atoms with Gasteiger partial charge in [0.05, 0.1) is 6.04 Å². The minimum atomic E-state index is -1.42. The first-order chi connectivity index (χ1) is 17.8. The van der Waals surface area contributed by atoms with Crippen LogP contribution in [0.4, 0.5) is 0 Å². The molecule has 0 aromatic rings. The van der Waals surface area contributed by atoms with Crippen molar-refractivity contribution in [3.8, 4) is 0 Å². The molecule has 216 valence electrons. The second kappa shape index (κ2) is 18.6. The van der Waals surface area contributed by atoms with Crippen LogP contribution in [0.3, 0.4) is 0 Å². The lowest BCUT2D eigenvalue weighted by Crippen LogP contribution is -2.57. The molecule has 0 heterocycles. The van der Waals surface area contributed by atoms with Gasteiger partial charge in [-0.2, -0.15) is 11.8 Å². The van der Waals surface area contributed by atoms with Gasteiger partial charge in [0.15, 0.2) is 5.96 Å². The number of nitrogens with one attached hydrogen (secondary N) is 3. The Morgan fingerprint density at radius 3 is 1.76 bits per heavy atom. The normalized spacial score (nSPS) is 13.7. The highest BCUT2D eigenvalue weighted by atomic mass is 32.2. The Bertz CT molecular complexity index is 868. The number of carboxylic acid groups (broad SMARTS) is 3. The van der Waals surface area contributed by atoms with Gasteiger partial charge >= 0.3 is 17.9 Å². The molecular formula is C21H37N7O9S. The van der Waals surface area contributed by atoms with Crippen LogP contribution in [0.2, 0.25) is 0 Å². The minimum absolute atomic E-state index is 0.0151. The molecule has 0 aromatic heterocycles. The predicted octanol–water partition coefficient (Wildman–Crippen LogP) is -2.61. The summed E-state index contributed by atoms with van der Waals surface area (Å²) in [7, 11) is 0. The summed E-state index contributed by atoms with van der Waals surface area (Å²) >= 11 is 1.37. The molecule has 0 rings (SSSR count). The van der Waals surface area contributed by atoms with E-state index < -0.39 is 66.2 Å². The molecule has 0 aliphatic rings. The van der Waals surface area contributed by atoms with E-state index >= 15 is 0 Å². The Morgan fingerprint density at radius 1 is 0.763 bits per heavy atom. The van der Waals surface area contributed by atoms with Gasteiger partial charge in [0.1, 0.15) is 18.1 Å². The first kappa shape index (κ1) is 34.4. The number of amides is 3. The van der Waals surface area contributed by atoms with Gasteiger partial charge in [-0.15, -0.1) is 0 Å². The van der Waals surface area contributed by atoms with Crippen molar-refractivity contribution in [2.45, 2.75) is 69.1 Å². The van der Waals surface area contributed by atoms with Gasteiger partial charge in [0.2, 0.25) is 17.7 Å². The van der Waals surface area contributed by atoms with Crippen LogP contribution in [0, 0.1) is 0 Å². The first-order valence-corrected chi connectivity index (χ1v) is 13.0. The lowest BCUT2D eigenvalue weighted by molar-refractivity contribution is -0.143. The number of guanidine groups is 1. The molecule has 4 unspecified atom stereocenters. The summed E-state index contributed by atoms with van der Waals surface area (Å²) in [6, 6.07) is -5.19. The second-order valence-corrected chi connectivity index (χ2v) is 9.21. The number of aliphatic carboxylic acids is 3. The Kier molecular flexibility index (Phi) is 16.9. The summed E-state index contributed by atoms with van der Waals surface area (Å²) in [5.74, 6) is -6.06. The molecule has 0 radical (unpaired) electrons. The molecule has 0 aliphatic carbocycles. The fourth-order valence-electron chi connectivity index (χ4n) is 3.04. The van der Waals surface area contributed by atoms with Gasteiger partial charge in [-0.3, -0.25) is 29.0 Å². The number of hydrogen-bond donors (Lipinski definition) is 9. The van der Waals surface area contributed by atoms with Crippen LogP contribution >= 0.6 is 11.8 Å². The Labute approximate surface area is 223 Å². The number of hydrogen-bond acceptors (Lipinski definition) is 9. The number of carbonyl (C=O) groups is 6. The molecule has 17 heteroatoms. The minimum Gasteiger partial charge on any atom is -0.481 e. The van der Waals surface area contributed by atoms with Crippen molar-refractivity contribution in [1.82, 2.24) is 16.0 Å². The number of nitrogens with two attached hydrogens (primary N) is 3. The third kappa shape index (κ3) is 15.5. The number of nitrogens with zero attached hydrogens (tertiary/aromatic N) is 1. The van der Waals surface area contributed by atoms with Gasteiger partial charge < -0.3 is 48.5 Å². The summed E-state index contributed by atoms with van der Waals surface area (Å²) in [6.45, 7) is 0.103. The van der Waals surface area contributed by atoms with Crippen molar-refractivity contribution in [2.24, 2.45) is 22.2 Å².